The van der Waals surface area contributed by atoms with Crippen molar-refractivity contribution >= 4 is 11.9 Å². The molecule has 1 atom stereocenters. The maximum atomic E-state index is 11.8. The highest BCUT2D eigenvalue weighted by molar-refractivity contribution is 6.01. The van der Waals surface area contributed by atoms with Crippen molar-refractivity contribution in [3.8, 4) is 11.5 Å². The van der Waals surface area contributed by atoms with Crippen molar-refractivity contribution in [2.24, 2.45) is 5.92 Å². The summed E-state index contributed by atoms with van der Waals surface area (Å²) in [6.07, 6.45) is 0. The van der Waals surface area contributed by atoms with Crippen molar-refractivity contribution in [1.82, 2.24) is 5.32 Å². The number of hydrogen-bond donors (Lipinski definition) is 4. The molecule has 1 aromatic carbocycles. The Morgan fingerprint density at radius 2 is 1.67 bits per heavy atom. The van der Waals surface area contributed by atoms with Gasteiger partial charge in [0, 0.05) is 0 Å². The monoisotopic (exact) mass is 253 g/mol. The summed E-state index contributed by atoms with van der Waals surface area (Å²) in [6, 6.07) is 2.76. The van der Waals surface area contributed by atoms with Crippen LogP contribution in [0, 0.1) is 5.92 Å². The Bertz CT molecular complexity index is 449. The minimum absolute atomic E-state index is 0.320. The molecule has 0 aliphatic carbocycles. The molecule has 6 nitrogen and oxygen atoms in total. The Morgan fingerprint density at radius 1 is 1.17 bits per heavy atom. The number of phenolic OH excluding ortho intramolecular Hbond substituents is 2. The van der Waals surface area contributed by atoms with E-state index in [1.54, 1.807) is 13.8 Å². The third-order valence-corrected chi connectivity index (χ3v) is 2.47. The molecule has 0 aromatic heterocycles. The van der Waals surface area contributed by atoms with Crippen LogP contribution < -0.4 is 5.32 Å². The summed E-state index contributed by atoms with van der Waals surface area (Å²) in [6.45, 7) is 3.29. The molecule has 1 unspecified atom stereocenters. The number of carbonyl (C=O) groups excluding carboxylic acids is 1. The number of aromatic hydroxyl groups is 2. The lowest BCUT2D eigenvalue weighted by molar-refractivity contribution is -0.140. The molecule has 0 bridgehead atoms. The van der Waals surface area contributed by atoms with Crippen molar-refractivity contribution in [2.45, 2.75) is 19.9 Å². The Balaban J connectivity index is 2.98. The number of carbonyl (C=O) groups is 2. The molecule has 0 aliphatic rings. The van der Waals surface area contributed by atoms with Crippen molar-refractivity contribution in [3.05, 3.63) is 23.8 Å². The molecule has 0 saturated carbocycles. The molecular weight excluding hydrogens is 238 g/mol. The van der Waals surface area contributed by atoms with Gasteiger partial charge >= 0.3 is 5.97 Å². The normalized spacial score (nSPS) is 12.2. The zero-order valence-electron chi connectivity index (χ0n) is 10.0. The van der Waals surface area contributed by atoms with Crippen LogP contribution in [0.3, 0.4) is 0 Å². The van der Waals surface area contributed by atoms with E-state index in [1.807, 2.05) is 0 Å². The second kappa shape index (κ2) is 5.39. The van der Waals surface area contributed by atoms with Crippen LogP contribution in [-0.2, 0) is 4.79 Å². The molecule has 18 heavy (non-hydrogen) atoms. The molecule has 0 heterocycles. The van der Waals surface area contributed by atoms with Gasteiger partial charge in [-0.2, -0.15) is 0 Å². The first-order valence-electron chi connectivity index (χ1n) is 5.39. The van der Waals surface area contributed by atoms with E-state index in [-0.39, 0.29) is 11.5 Å². The van der Waals surface area contributed by atoms with Gasteiger partial charge in [-0.05, 0) is 18.1 Å². The van der Waals surface area contributed by atoms with E-state index in [0.29, 0.717) is 0 Å². The molecule has 0 spiro atoms. The van der Waals surface area contributed by atoms with Crippen LogP contribution in [0.1, 0.15) is 24.2 Å². The zero-order valence-corrected chi connectivity index (χ0v) is 10.0. The molecule has 4 N–H and O–H groups in total. The molecular formula is C12H15NO5. The third-order valence-electron chi connectivity index (χ3n) is 2.47. The SMILES string of the molecule is CC(C)C(NC(=O)c1c(O)cccc1O)C(=O)O. The fourth-order valence-corrected chi connectivity index (χ4v) is 1.49. The first-order valence-corrected chi connectivity index (χ1v) is 5.39. The number of hydrogen-bond acceptors (Lipinski definition) is 4. The van der Waals surface area contributed by atoms with E-state index < -0.39 is 29.4 Å². The summed E-state index contributed by atoms with van der Waals surface area (Å²) in [5.74, 6) is -3.12. The standard InChI is InChI=1S/C12H15NO5/c1-6(2)10(12(17)18)13-11(16)9-7(14)4-3-5-8(9)15/h3-6,10,14-15H,1-2H3,(H,13,16)(H,17,18). The summed E-state index contributed by atoms with van der Waals surface area (Å²) in [5, 5.41) is 30.2. The maximum Gasteiger partial charge on any atom is 0.326 e. The number of amides is 1. The Morgan fingerprint density at radius 3 is 2.06 bits per heavy atom. The predicted molar refractivity (Wildman–Crippen MR) is 63.5 cm³/mol. The average Bonchev–Trinajstić information content (AvgIpc) is 2.24. The van der Waals surface area contributed by atoms with E-state index in [0.717, 1.165) is 0 Å². The van der Waals surface area contributed by atoms with Gasteiger partial charge < -0.3 is 20.6 Å². The van der Waals surface area contributed by atoms with Gasteiger partial charge in [-0.25, -0.2) is 4.79 Å². The molecule has 0 fully saturated rings. The fraction of sp³-hybridized carbons (Fsp3) is 0.333. The van der Waals surface area contributed by atoms with E-state index in [9.17, 15) is 19.8 Å². The number of aliphatic carboxylic acids is 1. The Labute approximate surface area is 104 Å². The minimum atomic E-state index is -1.17. The van der Waals surface area contributed by atoms with Crippen LogP contribution in [0.25, 0.3) is 0 Å². The smallest absolute Gasteiger partial charge is 0.326 e. The van der Waals surface area contributed by atoms with Crippen molar-refractivity contribution in [1.29, 1.82) is 0 Å². The van der Waals surface area contributed by atoms with Crippen LogP contribution in [0.15, 0.2) is 18.2 Å². The summed E-state index contributed by atoms with van der Waals surface area (Å²) in [5.41, 5.74) is -0.329. The third kappa shape index (κ3) is 2.91. The number of carboxylic acid groups (broad SMARTS) is 1. The van der Waals surface area contributed by atoms with Gasteiger partial charge in [0.2, 0.25) is 0 Å². The lowest BCUT2D eigenvalue weighted by Gasteiger charge is -2.18. The number of benzene rings is 1. The first kappa shape index (κ1) is 13.8. The van der Waals surface area contributed by atoms with Gasteiger partial charge in [-0.15, -0.1) is 0 Å². The first-order chi connectivity index (χ1) is 8.34. The number of carboxylic acids is 1. The summed E-state index contributed by atoms with van der Waals surface area (Å²) in [7, 11) is 0. The second-order valence-corrected chi connectivity index (χ2v) is 4.20. The number of phenols is 2. The molecule has 0 saturated heterocycles. The molecule has 6 heteroatoms. The van der Waals surface area contributed by atoms with E-state index in [2.05, 4.69) is 5.32 Å². The molecule has 1 aromatic rings. The van der Waals surface area contributed by atoms with Gasteiger partial charge in [0.15, 0.2) is 0 Å². The number of nitrogens with one attached hydrogen (secondary N) is 1. The summed E-state index contributed by atoms with van der Waals surface area (Å²) in [4.78, 5) is 22.7. The largest absolute Gasteiger partial charge is 0.507 e. The van der Waals surface area contributed by atoms with Crippen LogP contribution >= 0.6 is 0 Å². The maximum absolute atomic E-state index is 11.8. The van der Waals surface area contributed by atoms with Crippen LogP contribution in [-0.4, -0.2) is 33.2 Å². The molecule has 1 rings (SSSR count). The highest BCUT2D eigenvalue weighted by Crippen LogP contribution is 2.26. The molecule has 1 amide bonds. The second-order valence-electron chi connectivity index (χ2n) is 4.20. The van der Waals surface area contributed by atoms with E-state index in [4.69, 9.17) is 5.11 Å². The minimum Gasteiger partial charge on any atom is -0.507 e. The Kier molecular flexibility index (Phi) is 4.14. The Hall–Kier alpha value is -2.24. The van der Waals surface area contributed by atoms with E-state index >= 15 is 0 Å². The van der Waals surface area contributed by atoms with Gasteiger partial charge in [0.05, 0.1) is 0 Å². The number of rotatable bonds is 4. The van der Waals surface area contributed by atoms with Gasteiger partial charge in [-0.3, -0.25) is 4.79 Å². The zero-order chi connectivity index (χ0) is 13.9. The van der Waals surface area contributed by atoms with Crippen molar-refractivity contribution in [3.63, 3.8) is 0 Å². The summed E-state index contributed by atoms with van der Waals surface area (Å²) >= 11 is 0. The summed E-state index contributed by atoms with van der Waals surface area (Å²) < 4.78 is 0. The van der Waals surface area contributed by atoms with E-state index in [1.165, 1.54) is 18.2 Å². The van der Waals surface area contributed by atoms with Gasteiger partial charge in [-0.1, -0.05) is 19.9 Å². The quantitative estimate of drug-likeness (QED) is 0.638. The predicted octanol–water partition coefficient (Wildman–Crippen LogP) is 0.937. The van der Waals surface area contributed by atoms with Crippen molar-refractivity contribution in [2.75, 3.05) is 0 Å². The molecule has 0 aliphatic heterocycles. The van der Waals surface area contributed by atoms with Crippen LogP contribution in [0.2, 0.25) is 0 Å². The fourth-order valence-electron chi connectivity index (χ4n) is 1.49. The van der Waals surface area contributed by atoms with Crippen LogP contribution in [0.5, 0.6) is 11.5 Å². The average molecular weight is 253 g/mol. The molecule has 0 radical (unpaired) electrons. The highest BCUT2D eigenvalue weighted by Gasteiger charge is 2.26. The van der Waals surface area contributed by atoms with Crippen LogP contribution in [0.4, 0.5) is 0 Å². The lowest BCUT2D eigenvalue weighted by Crippen LogP contribution is -2.44. The lowest BCUT2D eigenvalue weighted by atomic mass is 10.0. The molecule has 98 valence electrons. The topological polar surface area (TPSA) is 107 Å². The van der Waals surface area contributed by atoms with Gasteiger partial charge in [0.1, 0.15) is 23.1 Å². The van der Waals surface area contributed by atoms with Crippen molar-refractivity contribution < 1.29 is 24.9 Å². The van der Waals surface area contributed by atoms with Gasteiger partial charge in [0.25, 0.3) is 5.91 Å². The highest BCUT2D eigenvalue weighted by atomic mass is 16.4.